The van der Waals surface area contributed by atoms with Crippen molar-refractivity contribution in [1.29, 1.82) is 0 Å². The second-order valence-electron chi connectivity index (χ2n) is 4.39. The van der Waals surface area contributed by atoms with Gasteiger partial charge in [0.2, 0.25) is 10.0 Å². The van der Waals surface area contributed by atoms with Crippen LogP contribution in [0.5, 0.6) is 5.75 Å². The number of benzene rings is 1. The van der Waals surface area contributed by atoms with Crippen molar-refractivity contribution in [2.24, 2.45) is 0 Å². The molecule has 1 heterocycles. The van der Waals surface area contributed by atoms with Crippen molar-refractivity contribution in [3.8, 4) is 5.75 Å². The van der Waals surface area contributed by atoms with Crippen molar-refractivity contribution in [2.45, 2.75) is 12.7 Å². The molecule has 0 radical (unpaired) electrons. The molecule has 2 rings (SSSR count). The summed E-state index contributed by atoms with van der Waals surface area (Å²) in [6, 6.07) is 8.42. The zero-order valence-electron chi connectivity index (χ0n) is 11.4. The number of hydrogen-bond acceptors (Lipinski definition) is 5. The van der Waals surface area contributed by atoms with Crippen LogP contribution >= 0.6 is 11.6 Å². The molecule has 0 aliphatic heterocycles. The van der Waals surface area contributed by atoms with Gasteiger partial charge in [-0.25, -0.2) is 13.1 Å². The van der Waals surface area contributed by atoms with E-state index in [0.29, 0.717) is 22.2 Å². The van der Waals surface area contributed by atoms with Crippen LogP contribution in [0.1, 0.15) is 11.5 Å². The minimum atomic E-state index is -3.47. The van der Waals surface area contributed by atoms with Gasteiger partial charge in [0.05, 0.1) is 5.69 Å². The molecule has 114 valence electrons. The van der Waals surface area contributed by atoms with Gasteiger partial charge in [-0.2, -0.15) is 0 Å². The maximum Gasteiger partial charge on any atom is 0.219 e. The smallest absolute Gasteiger partial charge is 0.219 e. The Bertz CT molecular complexity index is 682. The number of ether oxygens (including phenoxy) is 1. The molecule has 2 aromatic rings. The van der Waals surface area contributed by atoms with Crippen LogP contribution in [0.4, 0.5) is 0 Å². The summed E-state index contributed by atoms with van der Waals surface area (Å²) in [7, 11) is -3.47. The fraction of sp³-hybridized carbons (Fsp3) is 0.308. The number of sulfonamides is 1. The maximum absolute atomic E-state index is 11.8. The summed E-state index contributed by atoms with van der Waals surface area (Å²) in [4.78, 5) is 0. The molecule has 6 nitrogen and oxygen atoms in total. The van der Waals surface area contributed by atoms with Gasteiger partial charge in [-0.05, 0) is 31.2 Å². The molecule has 0 aliphatic carbocycles. The van der Waals surface area contributed by atoms with E-state index >= 15 is 0 Å². The van der Waals surface area contributed by atoms with E-state index in [9.17, 15) is 8.42 Å². The average molecular weight is 331 g/mol. The molecule has 0 spiro atoms. The molecule has 1 N–H and O–H groups in total. The molecule has 1 aromatic carbocycles. The van der Waals surface area contributed by atoms with Crippen LogP contribution in [0, 0.1) is 6.92 Å². The van der Waals surface area contributed by atoms with Crippen LogP contribution < -0.4 is 9.46 Å². The zero-order chi connectivity index (χ0) is 15.3. The van der Waals surface area contributed by atoms with E-state index in [4.69, 9.17) is 20.9 Å². The highest BCUT2D eigenvalue weighted by Crippen LogP contribution is 2.15. The lowest BCUT2D eigenvalue weighted by atomic mass is 10.3. The monoisotopic (exact) mass is 330 g/mol. The van der Waals surface area contributed by atoms with Gasteiger partial charge in [0.15, 0.2) is 5.76 Å². The van der Waals surface area contributed by atoms with Gasteiger partial charge >= 0.3 is 0 Å². The molecule has 1 aromatic heterocycles. The van der Waals surface area contributed by atoms with Crippen molar-refractivity contribution in [3.63, 3.8) is 0 Å². The van der Waals surface area contributed by atoms with Crippen LogP contribution in [0.3, 0.4) is 0 Å². The second kappa shape index (κ2) is 6.93. The molecule has 0 bridgehead atoms. The Labute approximate surface area is 128 Å². The highest BCUT2D eigenvalue weighted by Gasteiger charge is 2.14. The largest absolute Gasteiger partial charge is 0.492 e. The number of rotatable bonds is 7. The SMILES string of the molecule is Cc1cc(CS(=O)(=O)NCCOc2ccc(Cl)cc2)on1. The third-order valence-corrected chi connectivity index (χ3v) is 4.08. The van der Waals surface area contributed by atoms with Gasteiger partial charge in [-0.15, -0.1) is 0 Å². The Hall–Kier alpha value is -1.57. The lowest BCUT2D eigenvalue weighted by Crippen LogP contribution is -2.29. The van der Waals surface area contributed by atoms with E-state index in [0.717, 1.165) is 0 Å². The average Bonchev–Trinajstić information content (AvgIpc) is 2.81. The van der Waals surface area contributed by atoms with Crippen molar-refractivity contribution < 1.29 is 17.7 Å². The molecule has 0 amide bonds. The lowest BCUT2D eigenvalue weighted by molar-refractivity contribution is 0.322. The Balaban J connectivity index is 1.75. The van der Waals surface area contributed by atoms with Crippen LogP contribution in [-0.4, -0.2) is 26.7 Å². The van der Waals surface area contributed by atoms with E-state index in [-0.39, 0.29) is 18.9 Å². The highest BCUT2D eigenvalue weighted by molar-refractivity contribution is 7.88. The molecular formula is C13H15ClN2O4S. The standard InChI is InChI=1S/C13H15ClN2O4S/c1-10-8-13(20-16-10)9-21(17,18)15-6-7-19-12-4-2-11(14)3-5-12/h2-5,8,15H,6-7,9H2,1H3. The molecule has 0 atom stereocenters. The molecule has 0 aliphatic rings. The van der Waals surface area contributed by atoms with Gasteiger partial charge in [-0.1, -0.05) is 16.8 Å². The topological polar surface area (TPSA) is 81.4 Å². The van der Waals surface area contributed by atoms with Crippen molar-refractivity contribution in [1.82, 2.24) is 9.88 Å². The predicted octanol–water partition coefficient (Wildman–Crippen LogP) is 2.13. The number of hydrogen-bond donors (Lipinski definition) is 1. The van der Waals surface area contributed by atoms with Crippen LogP contribution in [0.2, 0.25) is 5.02 Å². The summed E-state index contributed by atoms with van der Waals surface area (Å²) in [6.45, 7) is 2.11. The van der Waals surface area contributed by atoms with E-state index in [2.05, 4.69) is 9.88 Å². The molecule has 0 saturated carbocycles. The summed E-state index contributed by atoms with van der Waals surface area (Å²) in [5.41, 5.74) is 0.645. The predicted molar refractivity (Wildman–Crippen MR) is 78.8 cm³/mol. The Morgan fingerprint density at radius 3 is 2.67 bits per heavy atom. The quantitative estimate of drug-likeness (QED) is 0.786. The number of halogens is 1. The number of nitrogens with one attached hydrogen (secondary N) is 1. The third kappa shape index (κ3) is 5.37. The fourth-order valence-electron chi connectivity index (χ4n) is 1.62. The third-order valence-electron chi connectivity index (χ3n) is 2.52. The summed E-state index contributed by atoms with van der Waals surface area (Å²) < 4.78 is 36.3. The summed E-state index contributed by atoms with van der Waals surface area (Å²) in [6.07, 6.45) is 0. The molecule has 0 fully saturated rings. The Morgan fingerprint density at radius 2 is 2.05 bits per heavy atom. The van der Waals surface area contributed by atoms with Crippen molar-refractivity contribution >= 4 is 21.6 Å². The van der Waals surface area contributed by atoms with E-state index in [1.54, 1.807) is 37.3 Å². The summed E-state index contributed by atoms with van der Waals surface area (Å²) in [5, 5.41) is 4.26. The Kier molecular flexibility index (Phi) is 5.22. The normalized spacial score (nSPS) is 11.5. The molecular weight excluding hydrogens is 316 g/mol. The van der Waals surface area contributed by atoms with Gasteiger partial charge < -0.3 is 9.26 Å². The zero-order valence-corrected chi connectivity index (χ0v) is 12.9. The van der Waals surface area contributed by atoms with Gasteiger partial charge in [0.1, 0.15) is 18.1 Å². The van der Waals surface area contributed by atoms with Crippen molar-refractivity contribution in [2.75, 3.05) is 13.2 Å². The van der Waals surface area contributed by atoms with Crippen molar-refractivity contribution in [3.05, 3.63) is 46.8 Å². The minimum Gasteiger partial charge on any atom is -0.492 e. The molecule has 0 unspecified atom stereocenters. The van der Waals surface area contributed by atoms with E-state index in [1.807, 2.05) is 0 Å². The van der Waals surface area contributed by atoms with Crippen LogP contribution in [0.25, 0.3) is 0 Å². The maximum atomic E-state index is 11.8. The van der Waals surface area contributed by atoms with E-state index < -0.39 is 10.0 Å². The fourth-order valence-corrected chi connectivity index (χ4v) is 2.75. The molecule has 0 saturated heterocycles. The first-order chi connectivity index (χ1) is 9.94. The minimum absolute atomic E-state index is 0.165. The first kappa shape index (κ1) is 15.8. The van der Waals surface area contributed by atoms with Crippen LogP contribution in [-0.2, 0) is 15.8 Å². The number of aromatic nitrogens is 1. The van der Waals surface area contributed by atoms with E-state index in [1.165, 1.54) is 0 Å². The first-order valence-electron chi connectivity index (χ1n) is 6.22. The van der Waals surface area contributed by atoms with Gasteiger partial charge in [-0.3, -0.25) is 0 Å². The summed E-state index contributed by atoms with van der Waals surface area (Å²) >= 11 is 5.75. The van der Waals surface area contributed by atoms with Crippen LogP contribution in [0.15, 0.2) is 34.9 Å². The lowest BCUT2D eigenvalue weighted by Gasteiger charge is -2.07. The summed E-state index contributed by atoms with van der Waals surface area (Å²) in [5.74, 6) is 0.692. The van der Waals surface area contributed by atoms with Gasteiger partial charge in [0, 0.05) is 17.6 Å². The second-order valence-corrected chi connectivity index (χ2v) is 6.63. The number of aryl methyl sites for hydroxylation is 1. The molecule has 8 heteroatoms. The first-order valence-corrected chi connectivity index (χ1v) is 8.25. The Morgan fingerprint density at radius 1 is 1.33 bits per heavy atom. The van der Waals surface area contributed by atoms with Gasteiger partial charge in [0.25, 0.3) is 0 Å². The number of nitrogens with zero attached hydrogens (tertiary/aromatic N) is 1. The highest BCUT2D eigenvalue weighted by atomic mass is 35.5. The molecule has 21 heavy (non-hydrogen) atoms.